The van der Waals surface area contributed by atoms with Gasteiger partial charge in [0, 0.05) is 4.83 Å². The Hall–Kier alpha value is -0.710. The maximum atomic E-state index is 12.2. The van der Waals surface area contributed by atoms with Gasteiger partial charge >= 0.3 is 6.36 Å². The number of halogens is 4. The molecule has 1 aliphatic carbocycles. The van der Waals surface area contributed by atoms with E-state index in [0.717, 1.165) is 24.8 Å². The van der Waals surface area contributed by atoms with Crippen LogP contribution in [0.3, 0.4) is 0 Å². The molecule has 2 unspecified atom stereocenters. The van der Waals surface area contributed by atoms with Gasteiger partial charge in [0.25, 0.3) is 0 Å². The zero-order valence-electron chi connectivity index (χ0n) is 9.93. The average Bonchev–Trinajstić information content (AvgIpc) is 2.58. The lowest BCUT2D eigenvalue weighted by Gasteiger charge is -2.25. The number of ether oxygens (including phenoxy) is 1. The van der Waals surface area contributed by atoms with E-state index in [1.807, 2.05) is 6.07 Å². The minimum Gasteiger partial charge on any atom is -0.406 e. The van der Waals surface area contributed by atoms with Crippen LogP contribution in [0.5, 0.6) is 5.75 Å². The van der Waals surface area contributed by atoms with Gasteiger partial charge in [-0.25, -0.2) is 0 Å². The molecule has 0 N–H and O–H groups in total. The van der Waals surface area contributed by atoms with Gasteiger partial charge < -0.3 is 4.74 Å². The maximum Gasteiger partial charge on any atom is 0.573 e. The Bertz CT molecular complexity index is 432. The van der Waals surface area contributed by atoms with E-state index in [1.54, 1.807) is 6.07 Å². The molecule has 0 aromatic heterocycles. The molecule has 100 valence electrons. The molecule has 1 nitrogen and oxygen atoms in total. The van der Waals surface area contributed by atoms with E-state index in [9.17, 15) is 13.2 Å². The second-order valence-corrected chi connectivity index (χ2v) is 6.27. The van der Waals surface area contributed by atoms with Crippen LogP contribution < -0.4 is 4.74 Å². The minimum atomic E-state index is -4.63. The van der Waals surface area contributed by atoms with Gasteiger partial charge in [-0.05, 0) is 42.4 Å². The molecule has 18 heavy (non-hydrogen) atoms. The molecule has 0 spiro atoms. The molecule has 1 saturated carbocycles. The van der Waals surface area contributed by atoms with Gasteiger partial charge in [0.1, 0.15) is 5.75 Å². The van der Waals surface area contributed by atoms with Crippen molar-refractivity contribution in [3.63, 3.8) is 0 Å². The molecule has 1 fully saturated rings. The fourth-order valence-electron chi connectivity index (χ4n) is 2.50. The summed E-state index contributed by atoms with van der Waals surface area (Å²) >= 11 is 3.57. The molecule has 0 bridgehead atoms. The van der Waals surface area contributed by atoms with Crippen molar-refractivity contribution in [3.05, 3.63) is 29.8 Å². The van der Waals surface area contributed by atoms with Crippen LogP contribution >= 0.6 is 15.9 Å². The molecule has 0 saturated heterocycles. The van der Waals surface area contributed by atoms with Crippen LogP contribution in [0.15, 0.2) is 24.3 Å². The number of hydrogen-bond donors (Lipinski definition) is 0. The predicted molar refractivity (Wildman–Crippen MR) is 67.0 cm³/mol. The van der Waals surface area contributed by atoms with Gasteiger partial charge in [-0.2, -0.15) is 0 Å². The predicted octanol–water partition coefficient (Wildman–Crippen LogP) is 4.79. The van der Waals surface area contributed by atoms with E-state index in [0.29, 0.717) is 4.83 Å². The molecule has 5 heteroatoms. The van der Waals surface area contributed by atoms with Crippen LogP contribution in [0.25, 0.3) is 0 Å². The van der Waals surface area contributed by atoms with E-state index < -0.39 is 6.36 Å². The third-order valence-electron chi connectivity index (χ3n) is 3.45. The van der Waals surface area contributed by atoms with Gasteiger partial charge in [0.2, 0.25) is 0 Å². The van der Waals surface area contributed by atoms with Crippen LogP contribution in [0.4, 0.5) is 13.2 Å². The first kappa shape index (κ1) is 13.7. The fourth-order valence-corrected chi connectivity index (χ4v) is 3.44. The summed E-state index contributed by atoms with van der Waals surface area (Å²) < 4.78 is 40.5. The topological polar surface area (TPSA) is 9.23 Å². The second-order valence-electron chi connectivity index (χ2n) is 4.98. The third-order valence-corrected chi connectivity index (χ3v) is 4.23. The highest BCUT2D eigenvalue weighted by Crippen LogP contribution is 2.44. The molecule has 0 aliphatic heterocycles. The minimum absolute atomic E-state index is 0.0703. The summed E-state index contributed by atoms with van der Waals surface area (Å²) in [4.78, 5) is 0.440. The van der Waals surface area contributed by atoms with E-state index in [-0.39, 0.29) is 11.2 Å². The van der Waals surface area contributed by atoms with E-state index in [1.165, 1.54) is 12.1 Å². The molecule has 0 amide bonds. The quantitative estimate of drug-likeness (QED) is 0.711. The first-order chi connectivity index (χ1) is 8.28. The Morgan fingerprint density at radius 3 is 2.67 bits per heavy atom. The van der Waals surface area contributed by atoms with Crippen molar-refractivity contribution in [1.82, 2.24) is 0 Å². The van der Waals surface area contributed by atoms with Gasteiger partial charge in [-0.3, -0.25) is 0 Å². The Morgan fingerprint density at radius 1 is 1.39 bits per heavy atom. The zero-order valence-corrected chi connectivity index (χ0v) is 11.5. The van der Waals surface area contributed by atoms with Gasteiger partial charge in [0.05, 0.1) is 0 Å². The van der Waals surface area contributed by atoms with E-state index in [2.05, 4.69) is 27.6 Å². The lowest BCUT2D eigenvalue weighted by Crippen LogP contribution is -2.20. The Balaban J connectivity index is 2.22. The Labute approximate surface area is 112 Å². The molecule has 0 heterocycles. The summed E-state index contributed by atoms with van der Waals surface area (Å²) in [7, 11) is 0. The normalized spacial score (nSPS) is 28.4. The molecule has 1 aromatic carbocycles. The summed E-state index contributed by atoms with van der Waals surface area (Å²) in [6, 6.07) is 6.32. The van der Waals surface area contributed by atoms with Crippen molar-refractivity contribution in [2.45, 2.75) is 42.8 Å². The summed E-state index contributed by atoms with van der Waals surface area (Å²) in [5, 5.41) is 0. The average molecular weight is 323 g/mol. The molecule has 1 aromatic rings. The molecule has 0 radical (unpaired) electrons. The monoisotopic (exact) mass is 322 g/mol. The summed E-state index contributed by atoms with van der Waals surface area (Å²) in [5.74, 6) is -0.140. The van der Waals surface area contributed by atoms with Crippen molar-refractivity contribution >= 4 is 15.9 Å². The molecular weight excluding hydrogens is 309 g/mol. The fraction of sp³-hybridized carbons (Fsp3) is 0.538. The van der Waals surface area contributed by atoms with Crippen LogP contribution in [0, 0.1) is 0 Å². The smallest absolute Gasteiger partial charge is 0.406 e. The van der Waals surface area contributed by atoms with E-state index in [4.69, 9.17) is 0 Å². The first-order valence-corrected chi connectivity index (χ1v) is 6.70. The largest absolute Gasteiger partial charge is 0.573 e. The van der Waals surface area contributed by atoms with Crippen molar-refractivity contribution < 1.29 is 17.9 Å². The molecule has 2 atom stereocenters. The van der Waals surface area contributed by atoms with Crippen molar-refractivity contribution in [3.8, 4) is 5.75 Å². The summed E-state index contributed by atoms with van der Waals surface area (Å²) in [6.07, 6.45) is -1.69. The zero-order chi connectivity index (χ0) is 13.4. The lowest BCUT2D eigenvalue weighted by molar-refractivity contribution is -0.274. The highest BCUT2D eigenvalue weighted by molar-refractivity contribution is 9.09. The van der Waals surface area contributed by atoms with Gasteiger partial charge in [0.15, 0.2) is 0 Å². The van der Waals surface area contributed by atoms with Crippen molar-refractivity contribution in [1.29, 1.82) is 0 Å². The highest BCUT2D eigenvalue weighted by Gasteiger charge is 2.36. The number of hydrogen-bond acceptors (Lipinski definition) is 1. The highest BCUT2D eigenvalue weighted by atomic mass is 79.9. The molecular formula is C13H14BrF3O. The van der Waals surface area contributed by atoms with Crippen LogP contribution in [-0.2, 0) is 5.41 Å². The first-order valence-electron chi connectivity index (χ1n) is 5.79. The van der Waals surface area contributed by atoms with Crippen molar-refractivity contribution in [2.24, 2.45) is 0 Å². The standard InChI is InChI=1S/C13H14BrF3O/c1-12(6-5-10(14)8-12)9-3-2-4-11(7-9)18-13(15,16)17/h2-4,7,10H,5-6,8H2,1H3. The van der Waals surface area contributed by atoms with Gasteiger partial charge in [-0.1, -0.05) is 35.0 Å². The summed E-state index contributed by atoms with van der Waals surface area (Å²) in [6.45, 7) is 2.08. The third kappa shape index (κ3) is 3.19. The Morgan fingerprint density at radius 2 is 2.11 bits per heavy atom. The number of alkyl halides is 4. The lowest BCUT2D eigenvalue weighted by atomic mass is 9.81. The van der Waals surface area contributed by atoms with E-state index >= 15 is 0 Å². The SMILES string of the molecule is CC1(c2cccc(OC(F)(F)F)c2)CCC(Br)C1. The summed E-state index contributed by atoms with van der Waals surface area (Å²) in [5.41, 5.74) is 0.838. The second kappa shape index (κ2) is 4.76. The van der Waals surface area contributed by atoms with Crippen LogP contribution in [-0.4, -0.2) is 11.2 Å². The molecule has 1 aliphatic rings. The van der Waals surface area contributed by atoms with Crippen LogP contribution in [0.2, 0.25) is 0 Å². The maximum absolute atomic E-state index is 12.2. The van der Waals surface area contributed by atoms with Crippen molar-refractivity contribution in [2.75, 3.05) is 0 Å². The Kier molecular flexibility index (Phi) is 3.63. The number of rotatable bonds is 2. The van der Waals surface area contributed by atoms with Crippen LogP contribution in [0.1, 0.15) is 31.7 Å². The van der Waals surface area contributed by atoms with Gasteiger partial charge in [-0.15, -0.1) is 13.2 Å². The number of benzene rings is 1. The molecule has 2 rings (SSSR count).